The molecule has 0 atom stereocenters. The van der Waals surface area contributed by atoms with Crippen molar-refractivity contribution in [2.24, 2.45) is 0 Å². The molecule has 100 valence electrons. The first-order valence-electron chi connectivity index (χ1n) is 6.11. The van der Waals surface area contributed by atoms with Crippen LogP contribution < -0.4 is 0 Å². The summed E-state index contributed by atoms with van der Waals surface area (Å²) in [6, 6.07) is 9.75. The first-order chi connectivity index (χ1) is 9.83. The minimum absolute atomic E-state index is 0.558. The molecule has 0 amide bonds. The van der Waals surface area contributed by atoms with Gasteiger partial charge in [0.15, 0.2) is 5.16 Å². The fraction of sp³-hybridized carbons (Fsp3) is 0.143. The molecule has 0 saturated carbocycles. The SMILES string of the molecule is Cc1ccccc1-c1noc(CSc2ncccn2)n1. The monoisotopic (exact) mass is 284 g/mol. The van der Waals surface area contributed by atoms with Gasteiger partial charge in [-0.25, -0.2) is 9.97 Å². The number of aromatic nitrogens is 4. The highest BCUT2D eigenvalue weighted by Gasteiger charge is 2.11. The Hall–Kier alpha value is -2.21. The molecule has 20 heavy (non-hydrogen) atoms. The third kappa shape index (κ3) is 2.85. The number of rotatable bonds is 4. The number of nitrogens with zero attached hydrogens (tertiary/aromatic N) is 4. The Kier molecular flexibility index (Phi) is 3.73. The van der Waals surface area contributed by atoms with E-state index < -0.39 is 0 Å². The maximum Gasteiger partial charge on any atom is 0.237 e. The number of aryl methyl sites for hydroxylation is 1. The molecular formula is C14H12N4OS. The topological polar surface area (TPSA) is 64.7 Å². The molecule has 2 aromatic heterocycles. The molecule has 0 saturated heterocycles. The van der Waals surface area contributed by atoms with Crippen molar-refractivity contribution in [3.05, 3.63) is 54.2 Å². The Bertz CT molecular complexity index is 699. The van der Waals surface area contributed by atoms with Gasteiger partial charge in [-0.3, -0.25) is 0 Å². The highest BCUT2D eigenvalue weighted by Crippen LogP contribution is 2.22. The van der Waals surface area contributed by atoms with Crippen LogP contribution in [0.15, 0.2) is 52.4 Å². The third-order valence-corrected chi connectivity index (χ3v) is 3.58. The quantitative estimate of drug-likeness (QED) is 0.541. The molecule has 3 aromatic rings. The molecule has 0 bridgehead atoms. The summed E-state index contributed by atoms with van der Waals surface area (Å²) in [6.45, 7) is 2.03. The lowest BCUT2D eigenvalue weighted by Gasteiger charge is -1.98. The number of hydrogen-bond donors (Lipinski definition) is 0. The summed E-state index contributed by atoms with van der Waals surface area (Å²) < 4.78 is 5.26. The standard InChI is InChI=1S/C14H12N4OS/c1-10-5-2-3-6-11(10)13-17-12(19-18-13)9-20-14-15-7-4-8-16-14/h2-8H,9H2,1H3. The fourth-order valence-electron chi connectivity index (χ4n) is 1.73. The van der Waals surface area contributed by atoms with Crippen molar-refractivity contribution in [1.82, 2.24) is 20.1 Å². The van der Waals surface area contributed by atoms with Crippen LogP contribution in [0.3, 0.4) is 0 Å². The lowest BCUT2D eigenvalue weighted by Crippen LogP contribution is -1.87. The van der Waals surface area contributed by atoms with Gasteiger partial charge in [-0.1, -0.05) is 41.2 Å². The molecule has 0 fully saturated rings. The zero-order chi connectivity index (χ0) is 13.8. The number of hydrogen-bond acceptors (Lipinski definition) is 6. The average molecular weight is 284 g/mol. The minimum atomic E-state index is 0.558. The van der Waals surface area contributed by atoms with E-state index in [4.69, 9.17) is 4.52 Å². The van der Waals surface area contributed by atoms with Crippen LogP contribution in [0.1, 0.15) is 11.5 Å². The maximum absolute atomic E-state index is 5.26. The van der Waals surface area contributed by atoms with Gasteiger partial charge >= 0.3 is 0 Å². The van der Waals surface area contributed by atoms with E-state index in [0.717, 1.165) is 11.1 Å². The van der Waals surface area contributed by atoms with Crippen LogP contribution >= 0.6 is 11.8 Å². The van der Waals surface area contributed by atoms with Crippen LogP contribution in [0.25, 0.3) is 11.4 Å². The van der Waals surface area contributed by atoms with Crippen molar-refractivity contribution < 1.29 is 4.52 Å². The van der Waals surface area contributed by atoms with E-state index in [1.165, 1.54) is 11.8 Å². The van der Waals surface area contributed by atoms with Gasteiger partial charge in [0, 0.05) is 18.0 Å². The third-order valence-electron chi connectivity index (χ3n) is 2.72. The molecule has 3 rings (SSSR count). The molecule has 0 aliphatic heterocycles. The second-order valence-electron chi connectivity index (χ2n) is 4.15. The van der Waals surface area contributed by atoms with Gasteiger partial charge in [0.05, 0.1) is 5.75 Å². The van der Waals surface area contributed by atoms with E-state index in [2.05, 4.69) is 20.1 Å². The molecule has 1 aromatic carbocycles. The predicted octanol–water partition coefficient (Wildman–Crippen LogP) is 3.13. The van der Waals surface area contributed by atoms with E-state index in [9.17, 15) is 0 Å². The summed E-state index contributed by atoms with van der Waals surface area (Å²) in [7, 11) is 0. The Morgan fingerprint density at radius 1 is 1.10 bits per heavy atom. The molecule has 2 heterocycles. The Morgan fingerprint density at radius 3 is 2.70 bits per heavy atom. The van der Waals surface area contributed by atoms with E-state index in [-0.39, 0.29) is 0 Å². The van der Waals surface area contributed by atoms with Crippen molar-refractivity contribution in [3.63, 3.8) is 0 Å². The van der Waals surface area contributed by atoms with Gasteiger partial charge in [0.25, 0.3) is 0 Å². The van der Waals surface area contributed by atoms with Crippen LogP contribution in [-0.4, -0.2) is 20.1 Å². The van der Waals surface area contributed by atoms with Gasteiger partial charge < -0.3 is 4.52 Å². The summed E-state index contributed by atoms with van der Waals surface area (Å²) in [4.78, 5) is 12.7. The van der Waals surface area contributed by atoms with Crippen LogP contribution in [0.2, 0.25) is 0 Å². The number of thioether (sulfide) groups is 1. The zero-order valence-corrected chi connectivity index (χ0v) is 11.7. The maximum atomic E-state index is 5.26. The molecule has 0 N–H and O–H groups in total. The van der Waals surface area contributed by atoms with E-state index >= 15 is 0 Å². The van der Waals surface area contributed by atoms with Crippen molar-refractivity contribution in [2.45, 2.75) is 17.8 Å². The van der Waals surface area contributed by atoms with Gasteiger partial charge in [-0.2, -0.15) is 4.98 Å². The molecule has 5 nitrogen and oxygen atoms in total. The van der Waals surface area contributed by atoms with Crippen molar-refractivity contribution >= 4 is 11.8 Å². The molecule has 0 radical (unpaired) electrons. The van der Waals surface area contributed by atoms with E-state index in [0.29, 0.717) is 22.6 Å². The summed E-state index contributed by atoms with van der Waals surface area (Å²) in [5, 5.41) is 4.72. The fourth-order valence-corrected chi connectivity index (χ4v) is 2.37. The molecule has 0 spiro atoms. The first-order valence-corrected chi connectivity index (χ1v) is 7.10. The number of benzene rings is 1. The van der Waals surface area contributed by atoms with E-state index in [1.807, 2.05) is 31.2 Å². The summed E-state index contributed by atoms with van der Waals surface area (Å²) in [5.41, 5.74) is 2.11. The molecular weight excluding hydrogens is 272 g/mol. The lowest BCUT2D eigenvalue weighted by atomic mass is 10.1. The Morgan fingerprint density at radius 2 is 1.90 bits per heavy atom. The summed E-state index contributed by atoms with van der Waals surface area (Å²) in [5.74, 6) is 1.75. The van der Waals surface area contributed by atoms with Gasteiger partial charge in [-0.15, -0.1) is 0 Å². The normalized spacial score (nSPS) is 10.7. The zero-order valence-electron chi connectivity index (χ0n) is 10.9. The minimum Gasteiger partial charge on any atom is -0.338 e. The van der Waals surface area contributed by atoms with Gasteiger partial charge in [0.2, 0.25) is 11.7 Å². The van der Waals surface area contributed by atoms with Crippen molar-refractivity contribution in [2.75, 3.05) is 0 Å². The van der Waals surface area contributed by atoms with Crippen molar-refractivity contribution in [3.8, 4) is 11.4 Å². The second kappa shape index (κ2) is 5.83. The average Bonchev–Trinajstić information content (AvgIpc) is 2.95. The highest BCUT2D eigenvalue weighted by molar-refractivity contribution is 7.98. The summed E-state index contributed by atoms with van der Waals surface area (Å²) in [6.07, 6.45) is 3.42. The van der Waals surface area contributed by atoms with Gasteiger partial charge in [-0.05, 0) is 18.6 Å². The van der Waals surface area contributed by atoms with Crippen LogP contribution in [0.4, 0.5) is 0 Å². The predicted molar refractivity (Wildman–Crippen MR) is 76.1 cm³/mol. The van der Waals surface area contributed by atoms with Crippen LogP contribution in [0.5, 0.6) is 0 Å². The van der Waals surface area contributed by atoms with E-state index in [1.54, 1.807) is 18.5 Å². The molecule has 0 aliphatic carbocycles. The lowest BCUT2D eigenvalue weighted by molar-refractivity contribution is 0.391. The first kappa shape index (κ1) is 12.8. The highest BCUT2D eigenvalue weighted by atomic mass is 32.2. The summed E-state index contributed by atoms with van der Waals surface area (Å²) >= 11 is 1.47. The molecule has 0 unspecified atom stereocenters. The Balaban J connectivity index is 1.73. The largest absolute Gasteiger partial charge is 0.338 e. The molecule has 0 aliphatic rings. The Labute approximate surface area is 120 Å². The van der Waals surface area contributed by atoms with Crippen LogP contribution in [0, 0.1) is 6.92 Å². The molecule has 6 heteroatoms. The van der Waals surface area contributed by atoms with Crippen molar-refractivity contribution in [1.29, 1.82) is 0 Å². The smallest absolute Gasteiger partial charge is 0.237 e. The van der Waals surface area contributed by atoms with Gasteiger partial charge in [0.1, 0.15) is 0 Å². The second-order valence-corrected chi connectivity index (χ2v) is 5.09. The van der Waals surface area contributed by atoms with Crippen LogP contribution in [-0.2, 0) is 5.75 Å².